The third-order valence-corrected chi connectivity index (χ3v) is 3.94. The van der Waals surface area contributed by atoms with E-state index in [2.05, 4.69) is 17.2 Å². The van der Waals surface area contributed by atoms with E-state index in [4.69, 9.17) is 5.11 Å². The average molecular weight is 369 g/mol. The molecule has 1 amide bonds. The van der Waals surface area contributed by atoms with Crippen LogP contribution in [0.25, 0.3) is 0 Å². The SMILES string of the molecule is Cc1ccc(C#Cc2ccc(C(=O)N[C@H](C(=O)CO)[C@@H](C)O)cc2)cc1F. The van der Waals surface area contributed by atoms with Crippen LogP contribution in [0.2, 0.25) is 0 Å². The van der Waals surface area contributed by atoms with E-state index in [0.717, 1.165) is 0 Å². The van der Waals surface area contributed by atoms with Gasteiger partial charge < -0.3 is 15.5 Å². The Hall–Kier alpha value is -3.01. The summed E-state index contributed by atoms with van der Waals surface area (Å²) in [6.07, 6.45) is -1.13. The van der Waals surface area contributed by atoms with Gasteiger partial charge >= 0.3 is 0 Å². The Morgan fingerprint density at radius 3 is 2.26 bits per heavy atom. The van der Waals surface area contributed by atoms with E-state index >= 15 is 0 Å². The fourth-order valence-corrected chi connectivity index (χ4v) is 2.31. The molecule has 0 aliphatic carbocycles. The van der Waals surface area contributed by atoms with E-state index in [1.165, 1.54) is 25.1 Å². The summed E-state index contributed by atoms with van der Waals surface area (Å²) in [7, 11) is 0. The van der Waals surface area contributed by atoms with Crippen molar-refractivity contribution in [2.75, 3.05) is 6.61 Å². The van der Waals surface area contributed by atoms with Crippen molar-refractivity contribution >= 4 is 11.7 Å². The fraction of sp³-hybridized carbons (Fsp3) is 0.238. The molecule has 0 unspecified atom stereocenters. The van der Waals surface area contributed by atoms with Gasteiger partial charge in [-0.2, -0.15) is 0 Å². The first-order valence-corrected chi connectivity index (χ1v) is 8.32. The van der Waals surface area contributed by atoms with Crippen LogP contribution in [0.15, 0.2) is 42.5 Å². The minimum atomic E-state index is -1.18. The predicted octanol–water partition coefficient (Wildman–Crippen LogP) is 1.57. The Bertz CT molecular complexity index is 895. The van der Waals surface area contributed by atoms with Crippen molar-refractivity contribution in [1.29, 1.82) is 0 Å². The highest BCUT2D eigenvalue weighted by Gasteiger charge is 2.25. The number of nitrogens with one attached hydrogen (secondary N) is 1. The number of aryl methyl sites for hydroxylation is 1. The molecule has 0 spiro atoms. The van der Waals surface area contributed by atoms with Gasteiger partial charge in [-0.15, -0.1) is 0 Å². The van der Waals surface area contributed by atoms with Gasteiger partial charge in [0, 0.05) is 16.7 Å². The van der Waals surface area contributed by atoms with Gasteiger partial charge in [-0.05, 0) is 55.8 Å². The molecule has 0 aliphatic rings. The summed E-state index contributed by atoms with van der Waals surface area (Å²) in [6, 6.07) is 9.85. The number of aliphatic hydroxyl groups is 2. The molecule has 2 rings (SSSR count). The number of amides is 1. The van der Waals surface area contributed by atoms with E-state index in [0.29, 0.717) is 16.7 Å². The second-order valence-electron chi connectivity index (χ2n) is 6.11. The monoisotopic (exact) mass is 369 g/mol. The molecule has 0 saturated carbocycles. The third kappa shape index (κ3) is 5.48. The highest BCUT2D eigenvalue weighted by Crippen LogP contribution is 2.09. The smallest absolute Gasteiger partial charge is 0.251 e. The highest BCUT2D eigenvalue weighted by atomic mass is 19.1. The summed E-state index contributed by atoms with van der Waals surface area (Å²) in [5.74, 6) is 4.19. The Labute approximate surface area is 156 Å². The first-order chi connectivity index (χ1) is 12.8. The quantitative estimate of drug-likeness (QED) is 0.699. The summed E-state index contributed by atoms with van der Waals surface area (Å²) < 4.78 is 13.5. The van der Waals surface area contributed by atoms with Crippen LogP contribution in [-0.2, 0) is 4.79 Å². The molecule has 0 saturated heterocycles. The molecular formula is C21H20FNO4. The number of rotatable bonds is 5. The number of carbonyl (C=O) groups excluding carboxylic acids is 2. The zero-order valence-electron chi connectivity index (χ0n) is 15.0. The molecule has 0 aliphatic heterocycles. The topological polar surface area (TPSA) is 86.6 Å². The van der Waals surface area contributed by atoms with E-state index < -0.39 is 30.4 Å². The number of carbonyl (C=O) groups is 2. The number of halogens is 1. The molecular weight excluding hydrogens is 349 g/mol. The van der Waals surface area contributed by atoms with Crippen molar-refractivity contribution in [2.45, 2.75) is 26.0 Å². The maximum Gasteiger partial charge on any atom is 0.251 e. The van der Waals surface area contributed by atoms with Gasteiger partial charge in [0.1, 0.15) is 18.5 Å². The molecule has 0 aromatic heterocycles. The Morgan fingerprint density at radius 1 is 1.11 bits per heavy atom. The van der Waals surface area contributed by atoms with Crippen molar-refractivity contribution in [3.05, 3.63) is 70.5 Å². The number of aliphatic hydroxyl groups excluding tert-OH is 2. The maximum absolute atomic E-state index is 13.5. The minimum Gasteiger partial charge on any atom is -0.391 e. The summed E-state index contributed by atoms with van der Waals surface area (Å²) in [5, 5.41) is 20.9. The van der Waals surface area contributed by atoms with Crippen LogP contribution in [0.3, 0.4) is 0 Å². The van der Waals surface area contributed by atoms with Gasteiger partial charge in [-0.1, -0.05) is 17.9 Å². The molecule has 0 bridgehead atoms. The molecule has 0 radical (unpaired) electrons. The van der Waals surface area contributed by atoms with Gasteiger partial charge in [0.15, 0.2) is 5.78 Å². The number of hydrogen-bond acceptors (Lipinski definition) is 4. The lowest BCUT2D eigenvalue weighted by Gasteiger charge is -2.19. The minimum absolute atomic E-state index is 0.276. The van der Waals surface area contributed by atoms with Gasteiger partial charge in [-0.3, -0.25) is 9.59 Å². The average Bonchev–Trinajstić information content (AvgIpc) is 2.66. The Morgan fingerprint density at radius 2 is 1.70 bits per heavy atom. The summed E-state index contributed by atoms with van der Waals surface area (Å²) in [4.78, 5) is 23.8. The van der Waals surface area contributed by atoms with E-state index in [1.54, 1.807) is 31.2 Å². The maximum atomic E-state index is 13.5. The lowest BCUT2D eigenvalue weighted by Crippen LogP contribution is -2.48. The summed E-state index contributed by atoms with van der Waals surface area (Å²) in [5.41, 5.74) is 2.00. The van der Waals surface area contributed by atoms with Crippen LogP contribution < -0.4 is 5.32 Å². The molecule has 140 valence electrons. The standard InChI is InChI=1S/C21H20FNO4/c1-13-3-4-16(11-18(13)22)6-5-15-7-9-17(10-8-15)21(27)23-20(14(2)25)19(26)12-24/h3-4,7-11,14,20,24-25H,12H2,1-2H3,(H,23,27)/t14-,20+/m1/s1. The Balaban J connectivity index is 2.10. The predicted molar refractivity (Wildman–Crippen MR) is 98.6 cm³/mol. The van der Waals surface area contributed by atoms with E-state index in [1.807, 2.05) is 0 Å². The Kier molecular flexibility index (Phi) is 6.83. The van der Waals surface area contributed by atoms with Crippen LogP contribution in [0.4, 0.5) is 4.39 Å². The van der Waals surface area contributed by atoms with Gasteiger partial charge in [0.2, 0.25) is 0 Å². The van der Waals surface area contributed by atoms with Crippen LogP contribution >= 0.6 is 0 Å². The molecule has 27 heavy (non-hydrogen) atoms. The van der Waals surface area contributed by atoms with Crippen molar-refractivity contribution in [1.82, 2.24) is 5.32 Å². The third-order valence-electron chi connectivity index (χ3n) is 3.94. The molecule has 5 nitrogen and oxygen atoms in total. The van der Waals surface area contributed by atoms with Crippen molar-refractivity contribution in [2.24, 2.45) is 0 Å². The van der Waals surface area contributed by atoms with E-state index in [9.17, 15) is 19.1 Å². The molecule has 0 heterocycles. The molecule has 2 atom stereocenters. The lowest BCUT2D eigenvalue weighted by atomic mass is 10.1. The highest BCUT2D eigenvalue weighted by molar-refractivity contribution is 5.98. The molecule has 2 aromatic rings. The molecule has 6 heteroatoms. The van der Waals surface area contributed by atoms with Gasteiger partial charge in [-0.25, -0.2) is 4.39 Å². The first-order valence-electron chi connectivity index (χ1n) is 8.32. The van der Waals surface area contributed by atoms with Crippen molar-refractivity contribution in [3.8, 4) is 11.8 Å². The normalized spacial score (nSPS) is 12.5. The van der Waals surface area contributed by atoms with Crippen LogP contribution in [0.5, 0.6) is 0 Å². The molecule has 0 fully saturated rings. The molecule has 2 aromatic carbocycles. The summed E-state index contributed by atoms with van der Waals surface area (Å²) >= 11 is 0. The van der Waals surface area contributed by atoms with Crippen LogP contribution in [-0.4, -0.2) is 40.7 Å². The second kappa shape index (κ2) is 9.08. The first kappa shape index (κ1) is 20.3. The number of benzene rings is 2. The fourth-order valence-electron chi connectivity index (χ4n) is 2.31. The zero-order chi connectivity index (χ0) is 20.0. The zero-order valence-corrected chi connectivity index (χ0v) is 15.0. The van der Waals surface area contributed by atoms with Gasteiger partial charge in [0.25, 0.3) is 5.91 Å². The van der Waals surface area contributed by atoms with Crippen LogP contribution in [0, 0.1) is 24.6 Å². The van der Waals surface area contributed by atoms with Crippen molar-refractivity contribution in [3.63, 3.8) is 0 Å². The largest absolute Gasteiger partial charge is 0.391 e. The lowest BCUT2D eigenvalue weighted by molar-refractivity contribution is -0.125. The van der Waals surface area contributed by atoms with E-state index in [-0.39, 0.29) is 11.4 Å². The van der Waals surface area contributed by atoms with Crippen LogP contribution in [0.1, 0.15) is 34.0 Å². The number of ketones is 1. The summed E-state index contributed by atoms with van der Waals surface area (Å²) in [6.45, 7) is 2.25. The second-order valence-corrected chi connectivity index (χ2v) is 6.11. The number of hydrogen-bond donors (Lipinski definition) is 3. The number of Topliss-reactive ketones (excluding diaryl/α,β-unsaturated/α-hetero) is 1. The molecule has 3 N–H and O–H groups in total. The van der Waals surface area contributed by atoms with Crippen molar-refractivity contribution < 1.29 is 24.2 Å². The van der Waals surface area contributed by atoms with Gasteiger partial charge in [0.05, 0.1) is 6.10 Å².